The Hall–Kier alpha value is -4.04. The van der Waals surface area contributed by atoms with E-state index in [1.165, 1.54) is 29.4 Å². The SMILES string of the molecule is O=C(O)C(F)(F)F.O=C1N(c2ccc(OC(F)(F)F)cc2)C(=O)C2(CC2)N1Cc1ccncc1O. The predicted molar refractivity (Wildman–Crippen MR) is 103 cm³/mol. The zero-order valence-corrected chi connectivity index (χ0v) is 17.3. The van der Waals surface area contributed by atoms with E-state index in [0.29, 0.717) is 18.4 Å². The summed E-state index contributed by atoms with van der Waals surface area (Å²) < 4.78 is 72.4. The molecule has 2 N–H and O–H groups in total. The maximum absolute atomic E-state index is 12.9. The van der Waals surface area contributed by atoms with Gasteiger partial charge in [-0.1, -0.05) is 0 Å². The number of ether oxygens (including phenoxy) is 1. The number of anilines is 1. The molecule has 3 amide bonds. The van der Waals surface area contributed by atoms with E-state index < -0.39 is 41.7 Å². The number of hydrogen-bond donors (Lipinski definition) is 2. The molecule has 1 spiro atoms. The Bertz CT molecular complexity index is 1130. The van der Waals surface area contributed by atoms with Crippen LogP contribution in [0, 0.1) is 0 Å². The van der Waals surface area contributed by atoms with Crippen LogP contribution in [0.15, 0.2) is 42.7 Å². The molecule has 1 saturated carbocycles. The van der Waals surface area contributed by atoms with Crippen LogP contribution in [0.4, 0.5) is 36.8 Å². The van der Waals surface area contributed by atoms with Gasteiger partial charge in [0.05, 0.1) is 18.4 Å². The molecule has 35 heavy (non-hydrogen) atoms. The van der Waals surface area contributed by atoms with E-state index in [2.05, 4.69) is 9.72 Å². The van der Waals surface area contributed by atoms with Gasteiger partial charge in [-0.25, -0.2) is 14.5 Å². The molecule has 1 aliphatic carbocycles. The monoisotopic (exact) mass is 507 g/mol. The van der Waals surface area contributed by atoms with Gasteiger partial charge in [-0.3, -0.25) is 9.78 Å². The van der Waals surface area contributed by atoms with Crippen molar-refractivity contribution < 1.29 is 55.7 Å². The Balaban J connectivity index is 0.000000429. The van der Waals surface area contributed by atoms with Crippen LogP contribution in [0.2, 0.25) is 0 Å². The van der Waals surface area contributed by atoms with Crippen molar-refractivity contribution in [2.45, 2.75) is 37.5 Å². The van der Waals surface area contributed by atoms with Crippen molar-refractivity contribution >= 4 is 23.6 Å². The number of halogens is 6. The van der Waals surface area contributed by atoms with Crippen LogP contribution in [-0.2, 0) is 16.1 Å². The number of urea groups is 1. The number of imide groups is 1. The third-order valence-corrected chi connectivity index (χ3v) is 5.05. The predicted octanol–water partition coefficient (Wildman–Crippen LogP) is 3.82. The van der Waals surface area contributed by atoms with Crippen LogP contribution in [0.1, 0.15) is 18.4 Å². The summed E-state index contributed by atoms with van der Waals surface area (Å²) >= 11 is 0. The zero-order chi connectivity index (χ0) is 26.2. The summed E-state index contributed by atoms with van der Waals surface area (Å²) in [6.45, 7) is 0.0185. The maximum Gasteiger partial charge on any atom is 0.573 e. The molecule has 2 aromatic rings. The number of amides is 3. The highest BCUT2D eigenvalue weighted by atomic mass is 19.4. The molecule has 1 saturated heterocycles. The molecule has 2 heterocycles. The minimum atomic E-state index is -5.08. The second-order valence-electron chi connectivity index (χ2n) is 7.39. The summed E-state index contributed by atoms with van der Waals surface area (Å²) in [5, 5.41) is 17.0. The second kappa shape index (κ2) is 8.96. The molecule has 9 nitrogen and oxygen atoms in total. The quantitative estimate of drug-likeness (QED) is 0.477. The minimum absolute atomic E-state index is 0.0185. The van der Waals surface area contributed by atoms with Crippen molar-refractivity contribution in [3.8, 4) is 11.5 Å². The average Bonchev–Trinajstić information content (AvgIpc) is 3.51. The van der Waals surface area contributed by atoms with Crippen LogP contribution in [0.25, 0.3) is 0 Å². The smallest absolute Gasteiger partial charge is 0.506 e. The molecule has 188 valence electrons. The highest BCUT2D eigenvalue weighted by Gasteiger charge is 2.65. The molecule has 0 bridgehead atoms. The van der Waals surface area contributed by atoms with Gasteiger partial charge in [-0.2, -0.15) is 13.2 Å². The van der Waals surface area contributed by atoms with Crippen LogP contribution in [-0.4, -0.2) is 56.1 Å². The summed E-state index contributed by atoms with van der Waals surface area (Å²) in [5.74, 6) is -3.73. The van der Waals surface area contributed by atoms with Gasteiger partial charge < -0.3 is 19.8 Å². The molecule has 2 fully saturated rings. The van der Waals surface area contributed by atoms with Crippen LogP contribution >= 0.6 is 0 Å². The Kier molecular flexibility index (Phi) is 6.55. The average molecular weight is 507 g/mol. The number of rotatable bonds is 4. The zero-order valence-electron chi connectivity index (χ0n) is 17.3. The Labute approximate surface area is 192 Å². The van der Waals surface area contributed by atoms with Crippen molar-refractivity contribution in [1.29, 1.82) is 0 Å². The largest absolute Gasteiger partial charge is 0.573 e. The first-order valence-electron chi connectivity index (χ1n) is 9.60. The number of benzene rings is 1. The second-order valence-corrected chi connectivity index (χ2v) is 7.39. The first-order valence-corrected chi connectivity index (χ1v) is 9.60. The molecule has 1 aliphatic heterocycles. The number of pyridine rings is 1. The van der Waals surface area contributed by atoms with Gasteiger partial charge in [0.15, 0.2) is 0 Å². The van der Waals surface area contributed by atoms with E-state index in [4.69, 9.17) is 9.90 Å². The van der Waals surface area contributed by atoms with Crippen molar-refractivity contribution in [2.75, 3.05) is 4.90 Å². The maximum atomic E-state index is 12.9. The number of alkyl halides is 6. The molecule has 2 aliphatic rings. The summed E-state index contributed by atoms with van der Waals surface area (Å²) in [7, 11) is 0. The number of carboxylic acid groups (broad SMARTS) is 1. The first kappa shape index (κ1) is 25.6. The number of carbonyl (C=O) groups excluding carboxylic acids is 2. The molecular weight excluding hydrogens is 492 g/mol. The molecule has 0 unspecified atom stereocenters. The highest BCUT2D eigenvalue weighted by Crippen LogP contribution is 2.50. The van der Waals surface area contributed by atoms with E-state index >= 15 is 0 Å². The summed E-state index contributed by atoms with van der Waals surface area (Å²) in [6, 6.07) is 5.49. The molecule has 0 atom stereocenters. The number of aromatic hydroxyl groups is 1. The lowest BCUT2D eigenvalue weighted by molar-refractivity contribution is -0.274. The van der Waals surface area contributed by atoms with Crippen LogP contribution < -0.4 is 9.64 Å². The Morgan fingerprint density at radius 2 is 1.63 bits per heavy atom. The van der Waals surface area contributed by atoms with E-state index in [0.717, 1.165) is 17.0 Å². The van der Waals surface area contributed by atoms with Gasteiger partial charge in [0.1, 0.15) is 17.0 Å². The van der Waals surface area contributed by atoms with Crippen molar-refractivity contribution in [3.63, 3.8) is 0 Å². The normalized spacial score (nSPS) is 16.7. The number of hydrogen-bond acceptors (Lipinski definition) is 6. The van der Waals surface area contributed by atoms with Gasteiger partial charge in [0.2, 0.25) is 0 Å². The number of aromatic nitrogens is 1. The number of carboxylic acids is 1. The van der Waals surface area contributed by atoms with Crippen molar-refractivity contribution in [2.24, 2.45) is 0 Å². The standard InChI is InChI=1S/C18H14F3N3O4.C2HF3O2/c19-18(20,21)28-13-3-1-12(2-4-13)24-15(26)17(6-7-17)23(16(24)27)10-11-5-8-22-9-14(11)25;3-2(4,5)1(6)7/h1-5,8-9,25H,6-7,10H2;(H,6,7). The van der Waals surface area contributed by atoms with E-state index in [1.54, 1.807) is 6.07 Å². The molecule has 1 aromatic carbocycles. The molecule has 1 aromatic heterocycles. The molecule has 0 radical (unpaired) electrons. The summed E-state index contributed by atoms with van der Waals surface area (Å²) in [5.41, 5.74) is -0.385. The fourth-order valence-corrected chi connectivity index (χ4v) is 3.28. The molecule has 15 heteroatoms. The molecular formula is C20H15F6N3O6. The fraction of sp³-hybridized carbons (Fsp3) is 0.300. The number of carbonyl (C=O) groups is 3. The topological polar surface area (TPSA) is 120 Å². The van der Waals surface area contributed by atoms with E-state index in [9.17, 15) is 41.0 Å². The Morgan fingerprint density at radius 3 is 2.09 bits per heavy atom. The van der Waals surface area contributed by atoms with E-state index in [-0.39, 0.29) is 18.0 Å². The number of nitrogens with zero attached hydrogens (tertiary/aromatic N) is 3. The minimum Gasteiger partial charge on any atom is -0.506 e. The lowest BCUT2D eigenvalue weighted by atomic mass is 10.2. The first-order chi connectivity index (χ1) is 16.2. The molecule has 4 rings (SSSR count). The third kappa shape index (κ3) is 5.55. The van der Waals surface area contributed by atoms with Gasteiger partial charge in [-0.05, 0) is 43.2 Å². The van der Waals surface area contributed by atoms with Crippen molar-refractivity contribution in [3.05, 3.63) is 48.3 Å². The summed E-state index contributed by atoms with van der Waals surface area (Å²) in [4.78, 5) is 40.8. The number of aliphatic carboxylic acids is 1. The highest BCUT2D eigenvalue weighted by molar-refractivity contribution is 6.24. The fourth-order valence-electron chi connectivity index (χ4n) is 3.28. The van der Waals surface area contributed by atoms with Gasteiger partial charge in [0.25, 0.3) is 5.91 Å². The van der Waals surface area contributed by atoms with Crippen LogP contribution in [0.5, 0.6) is 11.5 Å². The summed E-state index contributed by atoms with van der Waals surface area (Å²) in [6.07, 6.45) is -6.24. The van der Waals surface area contributed by atoms with Crippen LogP contribution in [0.3, 0.4) is 0 Å². The lowest BCUT2D eigenvalue weighted by Gasteiger charge is -2.21. The van der Waals surface area contributed by atoms with Gasteiger partial charge in [0, 0.05) is 11.8 Å². The third-order valence-electron chi connectivity index (χ3n) is 5.05. The Morgan fingerprint density at radius 1 is 1.06 bits per heavy atom. The lowest BCUT2D eigenvalue weighted by Crippen LogP contribution is -2.36. The van der Waals surface area contributed by atoms with Gasteiger partial charge >= 0.3 is 24.5 Å². The van der Waals surface area contributed by atoms with E-state index in [1.807, 2.05) is 0 Å². The van der Waals surface area contributed by atoms with Crippen molar-refractivity contribution in [1.82, 2.24) is 9.88 Å². The van der Waals surface area contributed by atoms with Gasteiger partial charge in [-0.15, -0.1) is 13.2 Å².